The van der Waals surface area contributed by atoms with E-state index in [1.54, 1.807) is 0 Å². The summed E-state index contributed by atoms with van der Waals surface area (Å²) in [6.45, 7) is -0.00857. The Morgan fingerprint density at radius 2 is 1.79 bits per heavy atom. The summed E-state index contributed by atoms with van der Waals surface area (Å²) in [7, 11) is 0. The normalized spacial score (nSPS) is 10.3. The number of nitro groups is 1. The third-order valence-electron chi connectivity index (χ3n) is 3.92. The van der Waals surface area contributed by atoms with Crippen molar-refractivity contribution in [3.05, 3.63) is 75.7 Å². The van der Waals surface area contributed by atoms with Crippen molar-refractivity contribution in [2.45, 2.75) is 19.4 Å². The lowest BCUT2D eigenvalue weighted by molar-refractivity contribution is -0.384. The molecule has 0 saturated heterocycles. The van der Waals surface area contributed by atoms with Crippen LogP contribution in [0, 0.1) is 10.1 Å². The Labute approximate surface area is 170 Å². The molecule has 0 spiro atoms. The summed E-state index contributed by atoms with van der Waals surface area (Å²) in [5, 5.41) is 15.6. The molecule has 8 nitrogen and oxygen atoms in total. The number of nitrogens with one attached hydrogen (secondary N) is 1. The maximum atomic E-state index is 12.0. The van der Waals surface area contributed by atoms with Crippen LogP contribution in [0.15, 0.2) is 60.0 Å². The number of hydrogen-bond acceptors (Lipinski definition) is 7. The summed E-state index contributed by atoms with van der Waals surface area (Å²) < 4.78 is 5.09. The monoisotopic (exact) mass is 411 g/mol. The van der Waals surface area contributed by atoms with Gasteiger partial charge in [-0.25, -0.2) is 4.98 Å². The van der Waals surface area contributed by atoms with Crippen LogP contribution in [0.2, 0.25) is 0 Å². The van der Waals surface area contributed by atoms with Crippen molar-refractivity contribution < 1.29 is 19.2 Å². The number of amides is 1. The molecule has 1 aromatic heterocycles. The molecule has 0 atom stereocenters. The number of ether oxygens (including phenoxy) is 1. The smallest absolute Gasteiger partial charge is 0.306 e. The number of non-ortho nitro benzene ring substituents is 1. The minimum atomic E-state index is -0.525. The van der Waals surface area contributed by atoms with Crippen molar-refractivity contribution in [1.82, 2.24) is 4.98 Å². The first-order valence-electron chi connectivity index (χ1n) is 8.71. The van der Waals surface area contributed by atoms with Crippen molar-refractivity contribution in [3.63, 3.8) is 0 Å². The molecule has 0 aliphatic carbocycles. The third-order valence-corrected chi connectivity index (χ3v) is 4.68. The number of rotatable bonds is 8. The van der Waals surface area contributed by atoms with Crippen LogP contribution in [0.25, 0.3) is 11.3 Å². The van der Waals surface area contributed by atoms with Gasteiger partial charge in [-0.3, -0.25) is 19.7 Å². The zero-order valence-electron chi connectivity index (χ0n) is 15.2. The van der Waals surface area contributed by atoms with Crippen LogP contribution in [-0.4, -0.2) is 21.8 Å². The van der Waals surface area contributed by atoms with E-state index in [4.69, 9.17) is 4.74 Å². The van der Waals surface area contributed by atoms with Crippen LogP contribution in [0.1, 0.15) is 18.4 Å². The van der Waals surface area contributed by atoms with E-state index in [-0.39, 0.29) is 31.0 Å². The zero-order valence-corrected chi connectivity index (χ0v) is 16.1. The lowest BCUT2D eigenvalue weighted by atomic mass is 10.2. The molecule has 3 aromatic rings. The molecule has 1 amide bonds. The van der Waals surface area contributed by atoms with Gasteiger partial charge in [0.2, 0.25) is 5.91 Å². The Hall–Kier alpha value is -3.59. The van der Waals surface area contributed by atoms with Crippen molar-refractivity contribution in [2.75, 3.05) is 5.32 Å². The molecule has 0 radical (unpaired) electrons. The predicted octanol–water partition coefficient (Wildman–Crippen LogP) is 4.18. The van der Waals surface area contributed by atoms with Crippen molar-refractivity contribution >= 4 is 34.0 Å². The second-order valence-electron chi connectivity index (χ2n) is 6.04. The lowest BCUT2D eigenvalue weighted by Gasteiger charge is -2.05. The van der Waals surface area contributed by atoms with Gasteiger partial charge < -0.3 is 10.1 Å². The summed E-state index contributed by atoms with van der Waals surface area (Å²) in [5.74, 6) is -0.853. The molecule has 0 fully saturated rings. The number of esters is 1. The average molecular weight is 411 g/mol. The molecule has 0 aliphatic rings. The molecule has 1 N–H and O–H groups in total. The molecule has 0 unspecified atom stereocenters. The van der Waals surface area contributed by atoms with E-state index >= 15 is 0 Å². The maximum absolute atomic E-state index is 12.0. The molecule has 0 bridgehead atoms. The Balaban J connectivity index is 1.41. The summed E-state index contributed by atoms with van der Waals surface area (Å²) in [6, 6.07) is 15.3. The summed E-state index contributed by atoms with van der Waals surface area (Å²) in [6.07, 6.45) is -0.102. The van der Waals surface area contributed by atoms with Gasteiger partial charge in [-0.05, 0) is 17.7 Å². The van der Waals surface area contributed by atoms with Crippen LogP contribution in [-0.2, 0) is 20.9 Å². The quantitative estimate of drug-likeness (QED) is 0.338. The number of thiazole rings is 1. The number of nitro benzene ring substituents is 1. The fraction of sp³-hybridized carbons (Fsp3) is 0.150. The molecule has 29 heavy (non-hydrogen) atoms. The first kappa shape index (κ1) is 20.2. The first-order valence-corrected chi connectivity index (χ1v) is 9.59. The van der Waals surface area contributed by atoms with E-state index in [2.05, 4.69) is 10.3 Å². The number of hydrogen-bond donors (Lipinski definition) is 1. The van der Waals surface area contributed by atoms with Gasteiger partial charge in [0.1, 0.15) is 6.61 Å². The van der Waals surface area contributed by atoms with Gasteiger partial charge in [0, 0.05) is 29.5 Å². The minimum Gasteiger partial charge on any atom is -0.461 e. The number of benzene rings is 2. The second-order valence-corrected chi connectivity index (χ2v) is 6.89. The Morgan fingerprint density at radius 3 is 2.48 bits per heavy atom. The average Bonchev–Trinajstić information content (AvgIpc) is 3.20. The largest absolute Gasteiger partial charge is 0.461 e. The van der Waals surface area contributed by atoms with Crippen LogP contribution in [0.3, 0.4) is 0 Å². The number of aromatic nitrogens is 1. The predicted molar refractivity (Wildman–Crippen MR) is 108 cm³/mol. The van der Waals surface area contributed by atoms with Gasteiger partial charge in [-0.1, -0.05) is 30.3 Å². The molecule has 3 rings (SSSR count). The number of carbonyl (C=O) groups is 2. The zero-order chi connectivity index (χ0) is 20.6. The SMILES string of the molecule is O=C(CCC(=O)OCc1ccc([N+](=O)[O-])cc1)Nc1nc(-c2ccccc2)cs1. The van der Waals surface area contributed by atoms with Crippen molar-refractivity contribution in [3.8, 4) is 11.3 Å². The standard InChI is InChI=1S/C20H17N3O5S/c24-18(22-20-21-17(13-29-20)15-4-2-1-3-5-15)10-11-19(25)28-12-14-6-8-16(9-7-14)23(26)27/h1-9,13H,10-12H2,(H,21,22,24). The highest BCUT2D eigenvalue weighted by Gasteiger charge is 2.12. The lowest BCUT2D eigenvalue weighted by Crippen LogP contribution is -2.14. The number of carbonyl (C=O) groups excluding carboxylic acids is 2. The van der Waals surface area contributed by atoms with E-state index < -0.39 is 10.9 Å². The van der Waals surface area contributed by atoms with Crippen molar-refractivity contribution in [2.24, 2.45) is 0 Å². The molecular weight excluding hydrogens is 394 g/mol. The Kier molecular flexibility index (Phi) is 6.64. The van der Waals surface area contributed by atoms with E-state index in [9.17, 15) is 19.7 Å². The summed E-state index contributed by atoms with van der Waals surface area (Å²) in [5.41, 5.74) is 2.33. The fourth-order valence-electron chi connectivity index (χ4n) is 2.42. The van der Waals surface area contributed by atoms with Crippen molar-refractivity contribution in [1.29, 1.82) is 0 Å². The maximum Gasteiger partial charge on any atom is 0.306 e. The minimum absolute atomic E-state index is 0.00857. The number of nitrogens with zero attached hydrogens (tertiary/aromatic N) is 2. The van der Waals surface area contributed by atoms with Crippen LogP contribution in [0.4, 0.5) is 10.8 Å². The number of anilines is 1. The molecule has 9 heteroatoms. The van der Waals surface area contributed by atoms with E-state index in [0.717, 1.165) is 11.3 Å². The second kappa shape index (κ2) is 9.56. The van der Waals surface area contributed by atoms with Gasteiger partial charge >= 0.3 is 5.97 Å². The molecule has 148 valence electrons. The topological polar surface area (TPSA) is 111 Å². The highest BCUT2D eigenvalue weighted by molar-refractivity contribution is 7.14. The van der Waals surface area contributed by atoms with E-state index in [1.165, 1.54) is 35.6 Å². The van der Waals surface area contributed by atoms with Gasteiger partial charge in [-0.15, -0.1) is 11.3 Å². The van der Waals surface area contributed by atoms with Gasteiger partial charge in [0.05, 0.1) is 17.0 Å². The van der Waals surface area contributed by atoms with E-state index in [1.807, 2.05) is 35.7 Å². The van der Waals surface area contributed by atoms with E-state index in [0.29, 0.717) is 10.7 Å². The summed E-state index contributed by atoms with van der Waals surface area (Å²) in [4.78, 5) is 38.3. The fourth-order valence-corrected chi connectivity index (χ4v) is 3.16. The Morgan fingerprint density at radius 1 is 1.07 bits per heavy atom. The molecule has 0 aliphatic heterocycles. The van der Waals surface area contributed by atoms with Gasteiger partial charge in [0.25, 0.3) is 5.69 Å². The molecular formula is C20H17N3O5S. The highest BCUT2D eigenvalue weighted by Crippen LogP contribution is 2.24. The van der Waals surface area contributed by atoms with Gasteiger partial charge in [0.15, 0.2) is 5.13 Å². The third kappa shape index (κ3) is 5.94. The summed E-state index contributed by atoms with van der Waals surface area (Å²) >= 11 is 1.31. The highest BCUT2D eigenvalue weighted by atomic mass is 32.1. The van der Waals surface area contributed by atoms with Crippen LogP contribution >= 0.6 is 11.3 Å². The first-order chi connectivity index (χ1) is 14.0. The van der Waals surface area contributed by atoms with Gasteiger partial charge in [-0.2, -0.15) is 0 Å². The Bertz CT molecular complexity index is 1000. The molecule has 0 saturated carbocycles. The molecule has 2 aromatic carbocycles. The van der Waals surface area contributed by atoms with Crippen LogP contribution < -0.4 is 5.32 Å². The molecule has 1 heterocycles. The van der Waals surface area contributed by atoms with Crippen LogP contribution in [0.5, 0.6) is 0 Å².